The molecule has 2 aromatic carbocycles. The van der Waals surface area contributed by atoms with Gasteiger partial charge in [0.1, 0.15) is 18.5 Å². The second-order valence-corrected chi connectivity index (χ2v) is 7.55. The monoisotopic (exact) mass is 445 g/mol. The molecule has 32 heavy (non-hydrogen) atoms. The van der Waals surface area contributed by atoms with Crippen molar-refractivity contribution >= 4 is 12.1 Å². The Morgan fingerprint density at radius 3 is 2.38 bits per heavy atom. The lowest BCUT2D eigenvalue weighted by molar-refractivity contribution is -0.153. The summed E-state index contributed by atoms with van der Waals surface area (Å²) < 4.78 is 27.3. The van der Waals surface area contributed by atoms with Gasteiger partial charge in [0.2, 0.25) is 0 Å². The van der Waals surface area contributed by atoms with Crippen molar-refractivity contribution in [3.8, 4) is 17.2 Å². The molecule has 1 aliphatic rings. The van der Waals surface area contributed by atoms with Crippen LogP contribution < -0.4 is 19.5 Å². The first-order chi connectivity index (χ1) is 15.3. The molecule has 0 spiro atoms. The minimum absolute atomic E-state index is 0.00998. The van der Waals surface area contributed by atoms with Gasteiger partial charge >= 0.3 is 18.5 Å². The Kier molecular flexibility index (Phi) is 7.77. The molecule has 172 valence electrons. The van der Waals surface area contributed by atoms with E-state index in [1.54, 1.807) is 69.3 Å². The molecule has 9 heteroatoms. The Hall–Kier alpha value is -3.46. The van der Waals surface area contributed by atoms with Crippen LogP contribution in [0.1, 0.15) is 26.3 Å². The van der Waals surface area contributed by atoms with E-state index in [0.717, 1.165) is 5.56 Å². The maximum absolute atomic E-state index is 12.0. The predicted octanol–water partition coefficient (Wildman–Crippen LogP) is 3.36. The van der Waals surface area contributed by atoms with Crippen LogP contribution in [0.2, 0.25) is 0 Å². The lowest BCUT2D eigenvalue weighted by atomic mass is 10.1. The van der Waals surface area contributed by atoms with Gasteiger partial charge in [-0.1, -0.05) is 24.3 Å². The van der Waals surface area contributed by atoms with Gasteiger partial charge in [-0.3, -0.25) is 5.32 Å². The van der Waals surface area contributed by atoms with Crippen LogP contribution in [0.15, 0.2) is 48.5 Å². The Balaban J connectivity index is 1.44. The number of amides is 1. The third-order valence-electron chi connectivity index (χ3n) is 4.37. The fourth-order valence-electron chi connectivity index (χ4n) is 3.04. The molecule has 0 fully saturated rings. The number of alkyl carbamates (subject to hydrolysis) is 1. The summed E-state index contributed by atoms with van der Waals surface area (Å²) in [4.78, 5) is 23.4. The van der Waals surface area contributed by atoms with Gasteiger partial charge in [-0.2, -0.15) is 0 Å². The zero-order valence-corrected chi connectivity index (χ0v) is 18.1. The number of benzene rings is 2. The van der Waals surface area contributed by atoms with E-state index < -0.39 is 30.7 Å². The van der Waals surface area contributed by atoms with Crippen molar-refractivity contribution in [3.05, 3.63) is 54.1 Å². The average Bonchev–Trinajstić information content (AvgIpc) is 3.14. The maximum atomic E-state index is 12.0. The van der Waals surface area contributed by atoms with Crippen LogP contribution >= 0.6 is 0 Å². The van der Waals surface area contributed by atoms with Gasteiger partial charge in [0, 0.05) is 6.42 Å². The van der Waals surface area contributed by atoms with Crippen LogP contribution in [0.25, 0.3) is 0 Å². The highest BCUT2D eigenvalue weighted by molar-refractivity contribution is 5.72. The average molecular weight is 445 g/mol. The molecule has 0 bridgehead atoms. The number of hydrogen-bond acceptors (Lipinski definition) is 7. The van der Waals surface area contributed by atoms with Gasteiger partial charge in [0.05, 0.1) is 6.10 Å². The molecule has 1 heterocycles. The van der Waals surface area contributed by atoms with Crippen LogP contribution in [-0.2, 0) is 20.7 Å². The number of ether oxygens (including phenoxy) is 5. The third kappa shape index (κ3) is 6.78. The van der Waals surface area contributed by atoms with Gasteiger partial charge < -0.3 is 28.8 Å². The zero-order valence-electron chi connectivity index (χ0n) is 18.1. The molecular weight excluding hydrogens is 418 g/mol. The molecule has 0 aromatic heterocycles. The molecule has 1 amide bonds. The second-order valence-electron chi connectivity index (χ2n) is 7.55. The number of aliphatic carboxylic acids is 1. The number of rotatable bonds is 10. The van der Waals surface area contributed by atoms with Crippen LogP contribution in [0.5, 0.6) is 17.2 Å². The number of carbonyl (C=O) groups excluding carboxylic acids is 1. The van der Waals surface area contributed by atoms with Crippen molar-refractivity contribution in [1.29, 1.82) is 0 Å². The zero-order chi connectivity index (χ0) is 23.1. The standard InChI is InChI=1S/C23H27NO8/c1-14(2)29-20(21(25)26)12-16-7-6-8-17(11-16)30-15(3)13-28-22(27)24-23-31-18-9-4-5-10-19(18)32-23/h4-11,14-15,20,23H,12-13H2,1-3H3,(H,24,27)(H,25,26). The Morgan fingerprint density at radius 1 is 1.06 bits per heavy atom. The number of hydrogen-bond donors (Lipinski definition) is 2. The van der Waals surface area contributed by atoms with Gasteiger partial charge in [0.15, 0.2) is 17.6 Å². The highest BCUT2D eigenvalue weighted by atomic mass is 16.7. The van der Waals surface area contributed by atoms with E-state index in [1.807, 2.05) is 0 Å². The molecular formula is C23H27NO8. The van der Waals surface area contributed by atoms with Crippen LogP contribution in [0.3, 0.4) is 0 Å². The fourth-order valence-corrected chi connectivity index (χ4v) is 3.04. The SMILES string of the molecule is CC(C)OC(Cc1cccc(OC(C)COC(=O)NC2Oc3ccccc3O2)c1)C(=O)O. The van der Waals surface area contributed by atoms with Gasteiger partial charge in [-0.25, -0.2) is 9.59 Å². The molecule has 2 N–H and O–H groups in total. The summed E-state index contributed by atoms with van der Waals surface area (Å²) in [5.41, 5.74) is 0.761. The second kappa shape index (κ2) is 10.7. The minimum Gasteiger partial charge on any atom is -0.487 e. The van der Waals surface area contributed by atoms with E-state index in [4.69, 9.17) is 23.7 Å². The van der Waals surface area contributed by atoms with Crippen LogP contribution in [0, 0.1) is 0 Å². The molecule has 0 saturated heterocycles. The van der Waals surface area contributed by atoms with Gasteiger partial charge in [0.25, 0.3) is 0 Å². The molecule has 0 radical (unpaired) electrons. The summed E-state index contributed by atoms with van der Waals surface area (Å²) in [5.74, 6) is 0.596. The molecule has 0 saturated carbocycles. The molecule has 3 rings (SSSR count). The quantitative estimate of drug-likeness (QED) is 0.573. The van der Waals surface area contributed by atoms with Gasteiger partial charge in [-0.05, 0) is 50.6 Å². The topological polar surface area (TPSA) is 113 Å². The molecule has 0 aliphatic carbocycles. The Labute approximate surface area is 186 Å². The summed E-state index contributed by atoms with van der Waals surface area (Å²) in [6, 6.07) is 14.1. The first-order valence-corrected chi connectivity index (χ1v) is 10.3. The molecule has 1 aliphatic heterocycles. The number of carboxylic acid groups (broad SMARTS) is 1. The van der Waals surface area contributed by atoms with E-state index >= 15 is 0 Å². The van der Waals surface area contributed by atoms with Crippen molar-refractivity contribution in [3.63, 3.8) is 0 Å². The lowest BCUT2D eigenvalue weighted by Crippen LogP contribution is -2.41. The van der Waals surface area contributed by atoms with E-state index in [1.165, 1.54) is 0 Å². The smallest absolute Gasteiger partial charge is 0.412 e. The highest BCUT2D eigenvalue weighted by Gasteiger charge is 2.26. The molecule has 2 aromatic rings. The first-order valence-electron chi connectivity index (χ1n) is 10.3. The molecule has 2 atom stereocenters. The van der Waals surface area contributed by atoms with E-state index in [2.05, 4.69) is 5.32 Å². The maximum Gasteiger partial charge on any atom is 0.412 e. The predicted molar refractivity (Wildman–Crippen MR) is 114 cm³/mol. The van der Waals surface area contributed by atoms with Crippen LogP contribution in [0.4, 0.5) is 4.79 Å². The fraction of sp³-hybridized carbons (Fsp3) is 0.391. The highest BCUT2D eigenvalue weighted by Crippen LogP contribution is 2.33. The van der Waals surface area contributed by atoms with Crippen LogP contribution in [-0.4, -0.2) is 48.5 Å². The summed E-state index contributed by atoms with van der Waals surface area (Å²) in [7, 11) is 0. The van der Waals surface area contributed by atoms with Crippen molar-refractivity contribution in [2.75, 3.05) is 6.61 Å². The normalized spacial score (nSPS) is 14.6. The Morgan fingerprint density at radius 2 is 1.75 bits per heavy atom. The lowest BCUT2D eigenvalue weighted by Gasteiger charge is -2.18. The third-order valence-corrected chi connectivity index (χ3v) is 4.37. The first kappa shape index (κ1) is 23.2. The number of carboxylic acids is 1. The summed E-state index contributed by atoms with van der Waals surface area (Å²) in [6.45, 7) is 5.32. The van der Waals surface area contributed by atoms with Crippen molar-refractivity contribution in [1.82, 2.24) is 5.32 Å². The number of fused-ring (bicyclic) bond motifs is 1. The number of nitrogens with one attached hydrogen (secondary N) is 1. The Bertz CT molecular complexity index is 907. The number of carbonyl (C=O) groups is 2. The molecule has 2 unspecified atom stereocenters. The van der Waals surface area contributed by atoms with Crippen molar-refractivity contribution < 1.29 is 38.4 Å². The van der Waals surface area contributed by atoms with Crippen molar-refractivity contribution in [2.24, 2.45) is 0 Å². The minimum atomic E-state index is -1.02. The van der Waals surface area contributed by atoms with Crippen molar-refractivity contribution in [2.45, 2.75) is 51.9 Å². The summed E-state index contributed by atoms with van der Waals surface area (Å²) in [5, 5.41) is 11.8. The van der Waals surface area contributed by atoms with Gasteiger partial charge in [-0.15, -0.1) is 0 Å². The number of para-hydroxylation sites is 2. The summed E-state index contributed by atoms with van der Waals surface area (Å²) >= 11 is 0. The van der Waals surface area contributed by atoms with E-state index in [0.29, 0.717) is 17.2 Å². The molecule has 9 nitrogen and oxygen atoms in total. The largest absolute Gasteiger partial charge is 0.487 e. The summed E-state index contributed by atoms with van der Waals surface area (Å²) in [6.07, 6.45) is -3.04. The van der Waals surface area contributed by atoms with E-state index in [-0.39, 0.29) is 19.1 Å². The van der Waals surface area contributed by atoms with E-state index in [9.17, 15) is 14.7 Å².